The maximum atomic E-state index is 12.4. The molecule has 0 aliphatic carbocycles. The van der Waals surface area contributed by atoms with E-state index in [4.69, 9.17) is 11.6 Å². The second-order valence-electron chi connectivity index (χ2n) is 5.01. The van der Waals surface area contributed by atoms with Gasteiger partial charge in [-0.3, -0.25) is 4.79 Å². The van der Waals surface area contributed by atoms with Crippen molar-refractivity contribution >= 4 is 29.0 Å². The zero-order valence-corrected chi connectivity index (χ0v) is 13.1. The molecule has 24 heavy (non-hydrogen) atoms. The molecule has 7 nitrogen and oxygen atoms in total. The minimum absolute atomic E-state index is 0.284. The molecule has 1 amide bonds. The van der Waals surface area contributed by atoms with Crippen molar-refractivity contribution in [3.05, 3.63) is 71.8 Å². The van der Waals surface area contributed by atoms with Crippen molar-refractivity contribution < 1.29 is 4.79 Å². The summed E-state index contributed by atoms with van der Waals surface area (Å²) in [5.74, 6) is 0.186. The highest BCUT2D eigenvalue weighted by Gasteiger charge is 2.12. The number of halogens is 1. The minimum atomic E-state index is -0.334. The standard InChI is InChI=1S/C16H11ClN6O/c17-11-2-1-3-12(10-11)22-9-6-13(21-22)16(24)20-15-4-7-18-14-5-8-19-23(14)15/h1-10H,(H,20,24). The van der Waals surface area contributed by atoms with E-state index in [2.05, 4.69) is 20.5 Å². The number of hydrogen-bond acceptors (Lipinski definition) is 4. The first-order valence-electron chi connectivity index (χ1n) is 7.12. The number of carbonyl (C=O) groups is 1. The summed E-state index contributed by atoms with van der Waals surface area (Å²) >= 11 is 5.98. The number of rotatable bonds is 3. The summed E-state index contributed by atoms with van der Waals surface area (Å²) in [6.07, 6.45) is 4.93. The van der Waals surface area contributed by atoms with E-state index in [1.54, 1.807) is 58.1 Å². The molecule has 0 saturated heterocycles. The van der Waals surface area contributed by atoms with Crippen molar-refractivity contribution in [1.29, 1.82) is 0 Å². The van der Waals surface area contributed by atoms with Crippen molar-refractivity contribution in [2.75, 3.05) is 5.32 Å². The third-order valence-corrected chi connectivity index (χ3v) is 3.66. The van der Waals surface area contributed by atoms with Crippen LogP contribution in [-0.2, 0) is 0 Å². The van der Waals surface area contributed by atoms with E-state index < -0.39 is 0 Å². The van der Waals surface area contributed by atoms with Gasteiger partial charge in [0.2, 0.25) is 0 Å². The number of benzene rings is 1. The summed E-state index contributed by atoms with van der Waals surface area (Å²) < 4.78 is 3.14. The molecule has 1 aromatic carbocycles. The fourth-order valence-electron chi connectivity index (χ4n) is 2.32. The summed E-state index contributed by atoms with van der Waals surface area (Å²) in [7, 11) is 0. The highest BCUT2D eigenvalue weighted by molar-refractivity contribution is 6.30. The molecular weight excluding hydrogens is 328 g/mol. The third-order valence-electron chi connectivity index (χ3n) is 3.43. The molecule has 3 aromatic heterocycles. The number of aromatic nitrogens is 5. The van der Waals surface area contributed by atoms with Crippen molar-refractivity contribution in [3.63, 3.8) is 0 Å². The molecule has 0 unspecified atom stereocenters. The average molecular weight is 339 g/mol. The van der Waals surface area contributed by atoms with Crippen LogP contribution in [-0.4, -0.2) is 30.3 Å². The highest BCUT2D eigenvalue weighted by atomic mass is 35.5. The van der Waals surface area contributed by atoms with Crippen LogP contribution in [0.3, 0.4) is 0 Å². The van der Waals surface area contributed by atoms with E-state index in [-0.39, 0.29) is 11.6 Å². The largest absolute Gasteiger partial charge is 0.305 e. The smallest absolute Gasteiger partial charge is 0.277 e. The number of fused-ring (bicyclic) bond motifs is 1. The first-order valence-corrected chi connectivity index (χ1v) is 7.50. The second kappa shape index (κ2) is 5.78. The van der Waals surface area contributed by atoms with Crippen LogP contribution in [0, 0.1) is 0 Å². The molecule has 1 N–H and O–H groups in total. The normalized spacial score (nSPS) is 10.9. The van der Waals surface area contributed by atoms with E-state index in [0.717, 1.165) is 5.69 Å². The molecule has 0 aliphatic rings. The van der Waals surface area contributed by atoms with Gasteiger partial charge in [0.15, 0.2) is 11.3 Å². The van der Waals surface area contributed by atoms with Crippen molar-refractivity contribution in [2.45, 2.75) is 0 Å². The van der Waals surface area contributed by atoms with Gasteiger partial charge in [0.05, 0.1) is 11.9 Å². The molecule has 4 aromatic rings. The van der Waals surface area contributed by atoms with Gasteiger partial charge >= 0.3 is 0 Å². The van der Waals surface area contributed by atoms with Gasteiger partial charge < -0.3 is 5.32 Å². The lowest BCUT2D eigenvalue weighted by atomic mass is 10.3. The maximum Gasteiger partial charge on any atom is 0.277 e. The Labute approximate surface area is 141 Å². The Morgan fingerprint density at radius 2 is 2.04 bits per heavy atom. The van der Waals surface area contributed by atoms with Crippen LogP contribution in [0.25, 0.3) is 11.3 Å². The zero-order valence-electron chi connectivity index (χ0n) is 12.3. The summed E-state index contributed by atoms with van der Waals surface area (Å²) in [6, 6.07) is 12.3. The molecule has 8 heteroatoms. The molecule has 4 rings (SSSR count). The topological polar surface area (TPSA) is 77.1 Å². The lowest BCUT2D eigenvalue weighted by Crippen LogP contribution is -2.16. The number of nitrogens with one attached hydrogen (secondary N) is 1. The number of nitrogens with zero attached hydrogens (tertiary/aromatic N) is 5. The van der Waals surface area contributed by atoms with Crippen LogP contribution in [0.4, 0.5) is 5.82 Å². The number of carbonyl (C=O) groups excluding carboxylic acids is 1. The predicted molar refractivity (Wildman–Crippen MR) is 89.5 cm³/mol. The Kier molecular flexibility index (Phi) is 3.47. The maximum absolute atomic E-state index is 12.4. The predicted octanol–water partition coefficient (Wildman–Crippen LogP) is 2.82. The van der Waals surface area contributed by atoms with Crippen LogP contribution >= 0.6 is 11.6 Å². The van der Waals surface area contributed by atoms with E-state index in [0.29, 0.717) is 16.5 Å². The van der Waals surface area contributed by atoms with Gasteiger partial charge in [0, 0.05) is 23.5 Å². The molecule has 0 saturated carbocycles. The molecule has 0 spiro atoms. The lowest BCUT2D eigenvalue weighted by Gasteiger charge is -2.05. The minimum Gasteiger partial charge on any atom is -0.305 e. The third kappa shape index (κ3) is 2.61. The SMILES string of the molecule is O=C(Nc1ccnc2ccnn12)c1ccn(-c2cccc(Cl)c2)n1. The molecule has 118 valence electrons. The monoisotopic (exact) mass is 338 g/mol. The quantitative estimate of drug-likeness (QED) is 0.623. The first-order chi connectivity index (χ1) is 11.7. The fourth-order valence-corrected chi connectivity index (χ4v) is 2.50. The number of hydrogen-bond donors (Lipinski definition) is 1. The Balaban J connectivity index is 1.60. The van der Waals surface area contributed by atoms with Crippen LogP contribution < -0.4 is 5.32 Å². The molecule has 0 atom stereocenters. The van der Waals surface area contributed by atoms with Crippen molar-refractivity contribution in [3.8, 4) is 5.69 Å². The number of anilines is 1. The fraction of sp³-hybridized carbons (Fsp3) is 0. The van der Waals surface area contributed by atoms with Crippen LogP contribution in [0.5, 0.6) is 0 Å². The Bertz CT molecular complexity index is 1040. The van der Waals surface area contributed by atoms with Crippen LogP contribution in [0.1, 0.15) is 10.5 Å². The van der Waals surface area contributed by atoms with E-state index in [1.807, 2.05) is 12.1 Å². The first kappa shape index (κ1) is 14.4. The van der Waals surface area contributed by atoms with Gasteiger partial charge in [0.1, 0.15) is 5.82 Å². The molecule has 0 aliphatic heterocycles. The van der Waals surface area contributed by atoms with Gasteiger partial charge in [-0.1, -0.05) is 17.7 Å². The molecule has 0 fully saturated rings. The highest BCUT2D eigenvalue weighted by Crippen LogP contribution is 2.15. The summed E-state index contributed by atoms with van der Waals surface area (Å²) in [4.78, 5) is 16.6. The van der Waals surface area contributed by atoms with Crippen LogP contribution in [0.15, 0.2) is 61.1 Å². The molecule has 0 bridgehead atoms. The van der Waals surface area contributed by atoms with Crippen LogP contribution in [0.2, 0.25) is 5.02 Å². The van der Waals surface area contributed by atoms with Gasteiger partial charge in [-0.25, -0.2) is 9.67 Å². The summed E-state index contributed by atoms with van der Waals surface area (Å²) in [5, 5.41) is 11.8. The van der Waals surface area contributed by atoms with Gasteiger partial charge in [0.25, 0.3) is 5.91 Å². The van der Waals surface area contributed by atoms with Crippen molar-refractivity contribution in [2.24, 2.45) is 0 Å². The Hall–Kier alpha value is -3.19. The van der Waals surface area contributed by atoms with Gasteiger partial charge in [-0.15, -0.1) is 0 Å². The Morgan fingerprint density at radius 1 is 1.12 bits per heavy atom. The lowest BCUT2D eigenvalue weighted by molar-refractivity contribution is 0.102. The van der Waals surface area contributed by atoms with Gasteiger partial charge in [-0.2, -0.15) is 14.7 Å². The number of amides is 1. The molecule has 3 heterocycles. The van der Waals surface area contributed by atoms with E-state index in [1.165, 1.54) is 0 Å². The van der Waals surface area contributed by atoms with E-state index >= 15 is 0 Å². The second-order valence-corrected chi connectivity index (χ2v) is 5.45. The Morgan fingerprint density at radius 3 is 2.92 bits per heavy atom. The summed E-state index contributed by atoms with van der Waals surface area (Å²) in [5.41, 5.74) is 1.71. The van der Waals surface area contributed by atoms with E-state index in [9.17, 15) is 4.79 Å². The van der Waals surface area contributed by atoms with Crippen molar-refractivity contribution in [1.82, 2.24) is 24.4 Å². The zero-order chi connectivity index (χ0) is 16.5. The molecular formula is C16H11ClN6O. The molecule has 0 radical (unpaired) electrons. The average Bonchev–Trinajstić information content (AvgIpc) is 3.25. The van der Waals surface area contributed by atoms with Gasteiger partial charge in [-0.05, 0) is 30.3 Å². The summed E-state index contributed by atoms with van der Waals surface area (Å²) in [6.45, 7) is 0.